The number of rotatable bonds is 3. The van der Waals surface area contributed by atoms with E-state index >= 15 is 0 Å². The van der Waals surface area contributed by atoms with Gasteiger partial charge in [0.15, 0.2) is 0 Å². The van der Waals surface area contributed by atoms with E-state index in [1.165, 1.54) is 19.3 Å². The van der Waals surface area contributed by atoms with Crippen molar-refractivity contribution in [2.24, 2.45) is 5.92 Å². The Balaban J connectivity index is 1.90. The summed E-state index contributed by atoms with van der Waals surface area (Å²) in [6, 6.07) is 12.6. The first-order chi connectivity index (χ1) is 10.2. The third kappa shape index (κ3) is 2.77. The molecule has 2 unspecified atom stereocenters. The number of nitrogens with zero attached hydrogens (tertiary/aromatic N) is 1. The van der Waals surface area contributed by atoms with Crippen LogP contribution in [-0.4, -0.2) is 23.1 Å². The minimum atomic E-state index is 0.281. The van der Waals surface area contributed by atoms with E-state index in [9.17, 15) is 5.11 Å². The van der Waals surface area contributed by atoms with E-state index in [0.29, 0.717) is 5.75 Å². The molecule has 3 rings (SSSR count). The van der Waals surface area contributed by atoms with Crippen molar-refractivity contribution in [1.82, 2.24) is 4.90 Å². The third-order valence-corrected chi connectivity index (χ3v) is 5.06. The van der Waals surface area contributed by atoms with Crippen LogP contribution in [0.2, 0.25) is 0 Å². The second-order valence-corrected chi connectivity index (χ2v) is 6.31. The summed E-state index contributed by atoms with van der Waals surface area (Å²) in [5, 5.41) is 12.7. The lowest BCUT2D eigenvalue weighted by Gasteiger charge is -2.37. The maximum atomic E-state index is 10.6. The third-order valence-electron chi connectivity index (χ3n) is 5.06. The van der Waals surface area contributed by atoms with E-state index in [1.54, 1.807) is 0 Å². The zero-order valence-corrected chi connectivity index (χ0v) is 13.0. The Morgan fingerprint density at radius 3 is 2.86 bits per heavy atom. The molecule has 1 fully saturated rings. The fourth-order valence-electron chi connectivity index (χ4n) is 3.59. The fraction of sp³-hybridized carbons (Fsp3) is 0.474. The van der Waals surface area contributed by atoms with Crippen molar-refractivity contribution in [3.05, 3.63) is 42.0 Å². The molecule has 0 aromatic heterocycles. The average molecular weight is 283 g/mol. The zero-order valence-electron chi connectivity index (χ0n) is 13.0. The number of hydrogen-bond acceptors (Lipinski definition) is 2. The number of piperidine rings is 1. The van der Waals surface area contributed by atoms with Gasteiger partial charge in [-0.25, -0.2) is 0 Å². The van der Waals surface area contributed by atoms with Gasteiger partial charge in [0.1, 0.15) is 5.75 Å². The zero-order chi connectivity index (χ0) is 14.8. The molecule has 0 saturated carbocycles. The van der Waals surface area contributed by atoms with Gasteiger partial charge < -0.3 is 5.11 Å². The van der Waals surface area contributed by atoms with Crippen molar-refractivity contribution in [1.29, 1.82) is 0 Å². The number of phenolic OH excluding ortho intramolecular Hbond substituents is 1. The van der Waals surface area contributed by atoms with Crippen LogP contribution in [0, 0.1) is 5.92 Å². The Morgan fingerprint density at radius 1 is 1.24 bits per heavy atom. The minimum Gasteiger partial charge on any atom is -0.507 e. The average Bonchev–Trinajstić information content (AvgIpc) is 2.55. The van der Waals surface area contributed by atoms with E-state index in [1.807, 2.05) is 18.2 Å². The van der Waals surface area contributed by atoms with Crippen molar-refractivity contribution in [2.45, 2.75) is 39.2 Å². The molecule has 1 saturated heterocycles. The van der Waals surface area contributed by atoms with Gasteiger partial charge in [-0.2, -0.15) is 0 Å². The maximum Gasteiger partial charge on any atom is 0.128 e. The topological polar surface area (TPSA) is 23.5 Å². The van der Waals surface area contributed by atoms with Crippen LogP contribution in [0.5, 0.6) is 5.75 Å². The van der Waals surface area contributed by atoms with Gasteiger partial charge in [-0.1, -0.05) is 49.7 Å². The Morgan fingerprint density at radius 2 is 2.05 bits per heavy atom. The molecule has 0 radical (unpaired) electrons. The van der Waals surface area contributed by atoms with Crippen LogP contribution in [0.4, 0.5) is 0 Å². The van der Waals surface area contributed by atoms with Crippen LogP contribution in [0.3, 0.4) is 0 Å². The summed E-state index contributed by atoms with van der Waals surface area (Å²) < 4.78 is 0. The Bertz CT molecular complexity index is 622. The van der Waals surface area contributed by atoms with Gasteiger partial charge in [0.25, 0.3) is 0 Å². The van der Waals surface area contributed by atoms with Crippen LogP contribution in [-0.2, 0) is 0 Å². The fourth-order valence-corrected chi connectivity index (χ4v) is 3.59. The van der Waals surface area contributed by atoms with Gasteiger partial charge in [-0.05, 0) is 37.6 Å². The Kier molecular flexibility index (Phi) is 4.16. The summed E-state index contributed by atoms with van der Waals surface area (Å²) >= 11 is 0. The first-order valence-corrected chi connectivity index (χ1v) is 8.15. The standard InChI is InChI=1S/C19H25NO/c1-3-15-7-6-12-20(13-15)14(2)17-11-10-16-8-4-5-9-18(16)19(17)21/h4-5,8-11,14-15,21H,3,6-7,12-13H2,1-2H3. The predicted octanol–water partition coefficient (Wildman–Crippen LogP) is 4.73. The first-order valence-electron chi connectivity index (χ1n) is 8.15. The molecule has 0 spiro atoms. The van der Waals surface area contributed by atoms with Crippen LogP contribution < -0.4 is 0 Å². The Hall–Kier alpha value is -1.54. The molecule has 0 amide bonds. The van der Waals surface area contributed by atoms with Gasteiger partial charge in [-0.15, -0.1) is 0 Å². The van der Waals surface area contributed by atoms with Crippen LogP contribution in [0.15, 0.2) is 36.4 Å². The summed E-state index contributed by atoms with van der Waals surface area (Å²) in [6.07, 6.45) is 3.88. The van der Waals surface area contributed by atoms with E-state index < -0.39 is 0 Å². The van der Waals surface area contributed by atoms with Crippen LogP contribution in [0.25, 0.3) is 10.8 Å². The quantitative estimate of drug-likeness (QED) is 0.880. The minimum absolute atomic E-state index is 0.281. The number of fused-ring (bicyclic) bond motifs is 1. The summed E-state index contributed by atoms with van der Waals surface area (Å²) in [7, 11) is 0. The van der Waals surface area contributed by atoms with Crippen molar-refractivity contribution < 1.29 is 5.11 Å². The van der Waals surface area contributed by atoms with E-state index in [0.717, 1.165) is 35.3 Å². The van der Waals surface area contributed by atoms with Gasteiger partial charge in [0.05, 0.1) is 0 Å². The molecule has 2 heteroatoms. The highest BCUT2D eigenvalue weighted by atomic mass is 16.3. The molecule has 2 aromatic rings. The predicted molar refractivity (Wildman–Crippen MR) is 88.6 cm³/mol. The Labute approximate surface area is 127 Å². The van der Waals surface area contributed by atoms with Crippen LogP contribution in [0.1, 0.15) is 44.7 Å². The molecule has 2 aromatic carbocycles. The first kappa shape index (κ1) is 14.4. The van der Waals surface area contributed by atoms with Crippen LogP contribution >= 0.6 is 0 Å². The van der Waals surface area contributed by atoms with E-state index in [2.05, 4.69) is 36.9 Å². The van der Waals surface area contributed by atoms with E-state index in [4.69, 9.17) is 0 Å². The number of likely N-dealkylation sites (tertiary alicyclic amines) is 1. The summed E-state index contributed by atoms with van der Waals surface area (Å²) in [5.41, 5.74) is 1.06. The van der Waals surface area contributed by atoms with Gasteiger partial charge in [-0.3, -0.25) is 4.90 Å². The van der Waals surface area contributed by atoms with E-state index in [-0.39, 0.29) is 6.04 Å². The molecule has 0 bridgehead atoms. The molecule has 1 aliphatic rings. The SMILES string of the molecule is CCC1CCCN(C(C)c2ccc3ccccc3c2O)C1. The highest BCUT2D eigenvalue weighted by molar-refractivity contribution is 5.89. The second-order valence-electron chi connectivity index (χ2n) is 6.31. The molecule has 0 aliphatic carbocycles. The highest BCUT2D eigenvalue weighted by Crippen LogP contribution is 2.36. The largest absolute Gasteiger partial charge is 0.507 e. The molecule has 2 atom stereocenters. The van der Waals surface area contributed by atoms with Gasteiger partial charge >= 0.3 is 0 Å². The lowest BCUT2D eigenvalue weighted by Crippen LogP contribution is -2.37. The molecule has 1 aliphatic heterocycles. The number of phenols is 1. The monoisotopic (exact) mass is 283 g/mol. The van der Waals surface area contributed by atoms with Crippen molar-refractivity contribution in [3.8, 4) is 5.75 Å². The molecule has 2 nitrogen and oxygen atoms in total. The summed E-state index contributed by atoms with van der Waals surface area (Å²) in [4.78, 5) is 2.53. The molecule has 112 valence electrons. The van der Waals surface area contributed by atoms with Crippen molar-refractivity contribution >= 4 is 10.8 Å². The van der Waals surface area contributed by atoms with Gasteiger partial charge in [0, 0.05) is 23.5 Å². The van der Waals surface area contributed by atoms with Gasteiger partial charge in [0.2, 0.25) is 0 Å². The normalized spacial score (nSPS) is 21.5. The molecule has 21 heavy (non-hydrogen) atoms. The summed E-state index contributed by atoms with van der Waals surface area (Å²) in [6.45, 7) is 6.81. The molecule has 1 N–H and O–H groups in total. The van der Waals surface area contributed by atoms with Crippen molar-refractivity contribution in [3.63, 3.8) is 0 Å². The molecule has 1 heterocycles. The highest BCUT2D eigenvalue weighted by Gasteiger charge is 2.25. The van der Waals surface area contributed by atoms with Crippen molar-refractivity contribution in [2.75, 3.05) is 13.1 Å². The summed E-state index contributed by atoms with van der Waals surface area (Å²) in [5.74, 6) is 1.27. The smallest absolute Gasteiger partial charge is 0.128 e. The maximum absolute atomic E-state index is 10.6. The number of aromatic hydroxyl groups is 1. The lowest BCUT2D eigenvalue weighted by atomic mass is 9.92. The second kappa shape index (κ2) is 6.07. The number of benzene rings is 2. The number of hydrogen-bond donors (Lipinski definition) is 1. The lowest BCUT2D eigenvalue weighted by molar-refractivity contribution is 0.128. The molecular weight excluding hydrogens is 258 g/mol. The molecular formula is C19H25NO.